The predicted molar refractivity (Wildman–Crippen MR) is 124 cm³/mol. The Morgan fingerprint density at radius 3 is 2.39 bits per heavy atom. The third-order valence-electron chi connectivity index (χ3n) is 5.17. The number of allylic oxidation sites excluding steroid dienone is 1. The van der Waals surface area contributed by atoms with E-state index in [1.54, 1.807) is 24.3 Å². The van der Waals surface area contributed by atoms with E-state index in [9.17, 15) is 13.2 Å². The van der Waals surface area contributed by atoms with E-state index in [4.69, 9.17) is 4.74 Å². The average Bonchev–Trinajstić information content (AvgIpc) is 2.77. The smallest absolute Gasteiger partial charge is 0.232 e. The molecule has 0 heterocycles. The molecule has 3 rings (SSSR count). The highest BCUT2D eigenvalue weighted by molar-refractivity contribution is 7.92. The highest BCUT2D eigenvalue weighted by atomic mass is 32.2. The molecule has 0 aromatic heterocycles. The normalized spacial score (nSPS) is 13.9. The minimum Gasteiger partial charge on any atom is -0.457 e. The Kier molecular flexibility index (Phi) is 8.12. The summed E-state index contributed by atoms with van der Waals surface area (Å²) >= 11 is 0. The average molecular weight is 443 g/mol. The molecule has 1 N–H and O–H groups in total. The summed E-state index contributed by atoms with van der Waals surface area (Å²) in [5.74, 6) is 1.29. The molecule has 6 nitrogen and oxygen atoms in total. The molecule has 0 saturated heterocycles. The van der Waals surface area contributed by atoms with Crippen LogP contribution in [-0.4, -0.2) is 33.7 Å². The van der Waals surface area contributed by atoms with Gasteiger partial charge in [0, 0.05) is 19.5 Å². The molecule has 1 aliphatic carbocycles. The Morgan fingerprint density at radius 2 is 1.74 bits per heavy atom. The largest absolute Gasteiger partial charge is 0.457 e. The van der Waals surface area contributed by atoms with E-state index in [0.717, 1.165) is 12.8 Å². The number of nitrogens with one attached hydrogen (secondary N) is 1. The first-order chi connectivity index (χ1) is 14.9. The van der Waals surface area contributed by atoms with Gasteiger partial charge in [-0.25, -0.2) is 8.42 Å². The molecule has 0 bridgehead atoms. The summed E-state index contributed by atoms with van der Waals surface area (Å²) in [5, 5.41) is 2.94. The van der Waals surface area contributed by atoms with Crippen LogP contribution in [0.5, 0.6) is 11.5 Å². The molecule has 2 aromatic rings. The van der Waals surface area contributed by atoms with Gasteiger partial charge in [-0.15, -0.1) is 0 Å². The standard InChI is InChI=1S/C24H30N2O4S/c1-31(28,29)26(18-8-13-24(27)25-19-20-9-4-2-5-10-20)21-14-16-23(17-15-21)30-22-11-6-3-7-12-22/h3,6-7,9,11-12,14-17H,2,4-5,8,10,13,18-19H2,1H3,(H,25,27). The van der Waals surface area contributed by atoms with Crippen LogP contribution in [0.3, 0.4) is 0 Å². The fourth-order valence-corrected chi connectivity index (χ4v) is 4.51. The zero-order valence-corrected chi connectivity index (χ0v) is 18.7. The monoisotopic (exact) mass is 442 g/mol. The lowest BCUT2D eigenvalue weighted by atomic mass is 10.00. The van der Waals surface area contributed by atoms with Crippen molar-refractivity contribution < 1.29 is 17.9 Å². The van der Waals surface area contributed by atoms with Crippen LogP contribution >= 0.6 is 0 Å². The summed E-state index contributed by atoms with van der Waals surface area (Å²) in [4.78, 5) is 12.1. The number of anilines is 1. The number of hydrogen-bond acceptors (Lipinski definition) is 4. The van der Waals surface area contributed by atoms with E-state index in [1.807, 2.05) is 30.3 Å². The second-order valence-corrected chi connectivity index (χ2v) is 9.64. The van der Waals surface area contributed by atoms with Crippen LogP contribution in [0.4, 0.5) is 5.69 Å². The molecule has 31 heavy (non-hydrogen) atoms. The fraction of sp³-hybridized carbons (Fsp3) is 0.375. The molecule has 0 saturated carbocycles. The molecule has 1 amide bonds. The van der Waals surface area contributed by atoms with Crippen LogP contribution in [0.15, 0.2) is 66.2 Å². The van der Waals surface area contributed by atoms with Crippen molar-refractivity contribution in [3.05, 3.63) is 66.2 Å². The number of benzene rings is 2. The van der Waals surface area contributed by atoms with E-state index in [2.05, 4.69) is 11.4 Å². The zero-order valence-electron chi connectivity index (χ0n) is 17.9. The molecule has 0 aliphatic heterocycles. The Bertz CT molecular complexity index is 986. The number of ether oxygens (including phenoxy) is 1. The number of amides is 1. The summed E-state index contributed by atoms with van der Waals surface area (Å²) in [6.07, 6.45) is 8.65. The highest BCUT2D eigenvalue weighted by Gasteiger charge is 2.18. The molecule has 0 fully saturated rings. The number of hydrogen-bond donors (Lipinski definition) is 1. The Balaban J connectivity index is 1.53. The van der Waals surface area contributed by atoms with E-state index in [-0.39, 0.29) is 18.9 Å². The number of para-hydroxylation sites is 1. The summed E-state index contributed by atoms with van der Waals surface area (Å²) in [6.45, 7) is 0.839. The van der Waals surface area contributed by atoms with Gasteiger partial charge >= 0.3 is 0 Å². The highest BCUT2D eigenvalue weighted by Crippen LogP contribution is 2.25. The van der Waals surface area contributed by atoms with Crippen LogP contribution in [0, 0.1) is 0 Å². The van der Waals surface area contributed by atoms with Gasteiger partial charge in [-0.05, 0) is 68.5 Å². The molecule has 0 spiro atoms. The van der Waals surface area contributed by atoms with Crippen molar-refractivity contribution in [3.63, 3.8) is 0 Å². The first kappa shape index (κ1) is 22.9. The van der Waals surface area contributed by atoms with E-state index in [0.29, 0.717) is 30.2 Å². The first-order valence-corrected chi connectivity index (χ1v) is 12.5. The molecule has 1 aliphatic rings. The second kappa shape index (κ2) is 11.0. The molecule has 0 atom stereocenters. The molecule has 7 heteroatoms. The van der Waals surface area contributed by atoms with Crippen LogP contribution in [0.1, 0.15) is 38.5 Å². The van der Waals surface area contributed by atoms with Gasteiger partial charge in [0.1, 0.15) is 11.5 Å². The number of rotatable bonds is 10. The lowest BCUT2D eigenvalue weighted by Crippen LogP contribution is -2.32. The van der Waals surface area contributed by atoms with Crippen molar-refractivity contribution in [1.29, 1.82) is 0 Å². The Labute approximate surface area is 185 Å². The molecule has 2 aromatic carbocycles. The molecule has 166 valence electrons. The van der Waals surface area contributed by atoms with Gasteiger partial charge in [-0.1, -0.05) is 29.8 Å². The van der Waals surface area contributed by atoms with Gasteiger partial charge in [0.2, 0.25) is 15.9 Å². The van der Waals surface area contributed by atoms with E-state index in [1.165, 1.54) is 29.0 Å². The topological polar surface area (TPSA) is 75.7 Å². The van der Waals surface area contributed by atoms with Gasteiger partial charge in [0.15, 0.2) is 0 Å². The first-order valence-electron chi connectivity index (χ1n) is 10.7. The summed E-state index contributed by atoms with van der Waals surface area (Å²) < 4.78 is 31.7. The summed E-state index contributed by atoms with van der Waals surface area (Å²) in [6, 6.07) is 16.3. The van der Waals surface area contributed by atoms with Crippen molar-refractivity contribution in [1.82, 2.24) is 5.32 Å². The summed E-state index contributed by atoms with van der Waals surface area (Å²) in [7, 11) is -3.47. The van der Waals surface area contributed by atoms with Gasteiger partial charge in [0.05, 0.1) is 11.9 Å². The minimum atomic E-state index is -3.47. The number of carbonyl (C=O) groups excluding carboxylic acids is 1. The van der Waals surface area contributed by atoms with Gasteiger partial charge in [-0.2, -0.15) is 0 Å². The number of sulfonamides is 1. The van der Waals surface area contributed by atoms with E-state index < -0.39 is 10.0 Å². The van der Waals surface area contributed by atoms with Gasteiger partial charge in [0.25, 0.3) is 0 Å². The van der Waals surface area contributed by atoms with Gasteiger partial charge in [-0.3, -0.25) is 9.10 Å². The van der Waals surface area contributed by atoms with Crippen molar-refractivity contribution in [2.75, 3.05) is 23.7 Å². The SMILES string of the molecule is CS(=O)(=O)N(CCCC(=O)NCC1=CCCCC1)c1ccc(Oc2ccccc2)cc1. The maximum Gasteiger partial charge on any atom is 0.232 e. The van der Waals surface area contributed by atoms with Crippen LogP contribution < -0.4 is 14.4 Å². The quantitative estimate of drug-likeness (QED) is 0.544. The number of carbonyl (C=O) groups is 1. The summed E-state index contributed by atoms with van der Waals surface area (Å²) in [5.41, 5.74) is 1.84. The maximum atomic E-state index is 12.3. The van der Waals surface area contributed by atoms with Gasteiger partial charge < -0.3 is 10.1 Å². The predicted octanol–water partition coefficient (Wildman–Crippen LogP) is 4.64. The third kappa shape index (κ3) is 7.43. The van der Waals surface area contributed by atoms with Crippen molar-refractivity contribution in [2.24, 2.45) is 0 Å². The molecular weight excluding hydrogens is 412 g/mol. The van der Waals surface area contributed by atoms with E-state index >= 15 is 0 Å². The van der Waals surface area contributed by atoms with Crippen LogP contribution in [0.25, 0.3) is 0 Å². The third-order valence-corrected chi connectivity index (χ3v) is 6.36. The van der Waals surface area contributed by atoms with Crippen molar-refractivity contribution >= 4 is 21.6 Å². The van der Waals surface area contributed by atoms with Crippen LogP contribution in [-0.2, 0) is 14.8 Å². The number of nitrogens with zero attached hydrogens (tertiary/aromatic N) is 1. The van der Waals surface area contributed by atoms with Crippen LogP contribution in [0.2, 0.25) is 0 Å². The Morgan fingerprint density at radius 1 is 1.03 bits per heavy atom. The lowest BCUT2D eigenvalue weighted by molar-refractivity contribution is -0.120. The molecule has 0 unspecified atom stereocenters. The lowest BCUT2D eigenvalue weighted by Gasteiger charge is -2.22. The molecular formula is C24H30N2O4S. The maximum absolute atomic E-state index is 12.3. The second-order valence-electron chi connectivity index (χ2n) is 7.73. The zero-order chi connectivity index (χ0) is 22.1. The minimum absolute atomic E-state index is 0.0495. The van der Waals surface area contributed by atoms with Crippen molar-refractivity contribution in [2.45, 2.75) is 38.5 Å². The fourth-order valence-electron chi connectivity index (χ4n) is 3.54. The van der Waals surface area contributed by atoms with Crippen molar-refractivity contribution in [3.8, 4) is 11.5 Å². The Hall–Kier alpha value is -2.80. The molecule has 0 radical (unpaired) electrons.